The number of para-hydroxylation sites is 3. The molecule has 12 rings (SSSR count). The molecule has 58 heavy (non-hydrogen) atoms. The van der Waals surface area contributed by atoms with Crippen molar-refractivity contribution in [2.24, 2.45) is 0 Å². The van der Waals surface area contributed by atoms with E-state index in [4.69, 9.17) is 4.42 Å². The maximum absolute atomic E-state index is 6.74. The van der Waals surface area contributed by atoms with Crippen molar-refractivity contribution in [3.8, 4) is 11.4 Å². The lowest BCUT2D eigenvalue weighted by Gasteiger charge is -2.42. The van der Waals surface area contributed by atoms with Crippen LogP contribution < -0.4 is 0 Å². The Kier molecular flexibility index (Phi) is 7.28. The van der Waals surface area contributed by atoms with E-state index in [1.807, 2.05) is 18.5 Å². The summed E-state index contributed by atoms with van der Waals surface area (Å²) in [4.78, 5) is 9.54. The minimum atomic E-state index is -2.02. The molecule has 274 valence electrons. The summed E-state index contributed by atoms with van der Waals surface area (Å²) in [6.45, 7) is 0. The Morgan fingerprint density at radius 3 is 1.69 bits per heavy atom. The van der Waals surface area contributed by atoms with E-state index in [-0.39, 0.29) is 0 Å². The number of benzene rings is 8. The largest absolute Gasteiger partial charge is 0.454 e. The van der Waals surface area contributed by atoms with Gasteiger partial charge in [0, 0.05) is 75.7 Å². The molecule has 4 nitrogen and oxygen atoms in total. The van der Waals surface area contributed by atoms with Crippen LogP contribution in [0.5, 0.6) is 0 Å². The topological polar surface area (TPSA) is 35.9 Å². The van der Waals surface area contributed by atoms with Crippen LogP contribution in [-0.2, 0) is 0 Å². The third kappa shape index (κ3) is 4.68. The first-order chi connectivity index (χ1) is 28.8. The first-order valence-electron chi connectivity index (χ1n) is 19.6. The molecule has 0 fully saturated rings. The quantitative estimate of drug-likeness (QED) is 0.169. The molecule has 0 amide bonds. The van der Waals surface area contributed by atoms with E-state index < -0.39 is 10.0 Å². The number of furan rings is 1. The van der Waals surface area contributed by atoms with Crippen molar-refractivity contribution in [2.75, 3.05) is 0 Å². The average molecular weight is 762 g/mol. The molecule has 5 heteroatoms. The molecule has 0 aliphatic rings. The first kappa shape index (κ1) is 32.9. The Morgan fingerprint density at radius 2 is 0.948 bits per heavy atom. The molecule has 4 heterocycles. The molecule has 0 spiro atoms. The number of hydrogen-bond acceptors (Lipinski definition) is 2. The zero-order valence-corrected chi connectivity index (χ0v) is 32.2. The number of pyridine rings is 1. The number of rotatable bonds is 6. The zero-order chi connectivity index (χ0) is 38.2. The Morgan fingerprint density at radius 1 is 0.379 bits per heavy atom. The molecule has 12 aromatic rings. The maximum atomic E-state index is 6.74. The third-order valence-electron chi connectivity index (χ3n) is 11.7. The summed E-state index contributed by atoms with van der Waals surface area (Å²) in [5, 5.41) is 6.97. The van der Waals surface area contributed by atoms with Gasteiger partial charge < -0.3 is 13.6 Å². The van der Waals surface area contributed by atoms with Crippen molar-refractivity contribution in [3.63, 3.8) is 0 Å². The van der Waals surface area contributed by atoms with Gasteiger partial charge in [-0.25, -0.2) is 0 Å². The summed E-state index contributed by atoms with van der Waals surface area (Å²) < 4.78 is 11.5. The Labute approximate surface area is 336 Å². The van der Waals surface area contributed by atoms with Crippen LogP contribution in [0.15, 0.2) is 237 Å². The van der Waals surface area contributed by atoms with E-state index in [0.717, 1.165) is 55.2 Å². The molecular weight excluding hydrogens is 727 g/mol. The second-order valence-electron chi connectivity index (χ2n) is 14.8. The van der Waals surface area contributed by atoms with Crippen LogP contribution in [0.1, 0.15) is 0 Å². The van der Waals surface area contributed by atoms with Gasteiger partial charge in [0.15, 0.2) is 5.58 Å². The average Bonchev–Trinajstić information content (AvgIpc) is 3.96. The van der Waals surface area contributed by atoms with E-state index in [1.165, 1.54) is 41.3 Å². The van der Waals surface area contributed by atoms with Gasteiger partial charge in [-0.05, 0) is 97.1 Å². The second kappa shape index (κ2) is 12.8. The highest BCUT2D eigenvalue weighted by molar-refractivity contribution is 8.34. The van der Waals surface area contributed by atoms with E-state index in [0.29, 0.717) is 0 Å². The van der Waals surface area contributed by atoms with Crippen LogP contribution in [0.3, 0.4) is 0 Å². The van der Waals surface area contributed by atoms with Gasteiger partial charge in [0.1, 0.15) is 5.58 Å². The van der Waals surface area contributed by atoms with Crippen LogP contribution in [0, 0.1) is 0 Å². The van der Waals surface area contributed by atoms with E-state index >= 15 is 0 Å². The van der Waals surface area contributed by atoms with Crippen LogP contribution >= 0.6 is 10.0 Å². The second-order valence-corrected chi connectivity index (χ2v) is 17.9. The predicted molar refractivity (Wildman–Crippen MR) is 240 cm³/mol. The van der Waals surface area contributed by atoms with Crippen LogP contribution in [-0.4, -0.2) is 14.1 Å². The van der Waals surface area contributed by atoms with Crippen molar-refractivity contribution in [3.05, 3.63) is 213 Å². The lowest BCUT2D eigenvalue weighted by atomic mass is 10.1. The zero-order valence-electron chi connectivity index (χ0n) is 31.4. The summed E-state index contributed by atoms with van der Waals surface area (Å²) in [5.74, 6) is 0. The van der Waals surface area contributed by atoms with Gasteiger partial charge in [0.2, 0.25) is 0 Å². The van der Waals surface area contributed by atoms with Gasteiger partial charge in [-0.15, -0.1) is 10.0 Å². The number of aromatic nitrogens is 3. The van der Waals surface area contributed by atoms with Gasteiger partial charge in [-0.3, -0.25) is 4.98 Å². The van der Waals surface area contributed by atoms with Crippen molar-refractivity contribution >= 4 is 75.6 Å². The minimum absolute atomic E-state index is 0.896. The Bertz CT molecular complexity index is 3420. The number of fused-ring (bicyclic) bond motifs is 10. The molecule has 0 bridgehead atoms. The smallest absolute Gasteiger partial charge is 0.160 e. The molecule has 0 saturated carbocycles. The highest BCUT2D eigenvalue weighted by Crippen LogP contribution is 2.73. The maximum Gasteiger partial charge on any atom is 0.160 e. The van der Waals surface area contributed by atoms with Crippen molar-refractivity contribution in [2.45, 2.75) is 19.6 Å². The van der Waals surface area contributed by atoms with E-state index in [9.17, 15) is 0 Å². The molecule has 4 aromatic heterocycles. The van der Waals surface area contributed by atoms with E-state index in [2.05, 4.69) is 208 Å². The molecule has 0 atom stereocenters. The fourth-order valence-corrected chi connectivity index (χ4v) is 13.2. The molecular formula is C53H35N3OS. The van der Waals surface area contributed by atoms with Gasteiger partial charge in [0.25, 0.3) is 0 Å². The molecule has 0 radical (unpaired) electrons. The summed E-state index contributed by atoms with van der Waals surface area (Å²) in [7, 11) is -2.02. The normalized spacial score (nSPS) is 12.4. The van der Waals surface area contributed by atoms with Gasteiger partial charge >= 0.3 is 0 Å². The predicted octanol–water partition coefficient (Wildman–Crippen LogP) is 14.5. The third-order valence-corrected chi connectivity index (χ3v) is 15.6. The summed E-state index contributed by atoms with van der Waals surface area (Å²) >= 11 is 0. The number of hydrogen-bond donors (Lipinski definition) is 0. The summed E-state index contributed by atoms with van der Waals surface area (Å²) in [5.41, 5.74) is 8.55. The van der Waals surface area contributed by atoms with Crippen molar-refractivity contribution in [1.82, 2.24) is 14.1 Å². The van der Waals surface area contributed by atoms with Gasteiger partial charge in [0.05, 0.1) is 22.1 Å². The molecule has 0 aliphatic carbocycles. The summed E-state index contributed by atoms with van der Waals surface area (Å²) in [6, 6.07) is 73.0. The molecule has 0 N–H and O–H groups in total. The lowest BCUT2D eigenvalue weighted by Crippen LogP contribution is -2.06. The Balaban J connectivity index is 1.13. The standard InChI is InChI=1S/C53H35N3OS/c1-3-15-38(16-4-1)58(39-17-5-2-6-18-39,40-28-26-36(27-29-40)55-48-23-10-8-21-43(48)47-35-54-33-32-50(47)55)41-19-13-14-37(34-41)56-49-24-11-7-20-42(49)45-30-31-46-44-22-9-12-25-51(44)57-53(46)52(45)56/h1-35H. The molecule has 0 saturated heterocycles. The van der Waals surface area contributed by atoms with Crippen LogP contribution in [0.2, 0.25) is 0 Å². The fourth-order valence-electron chi connectivity index (χ4n) is 9.27. The lowest BCUT2D eigenvalue weighted by molar-refractivity contribution is 0.671. The highest BCUT2D eigenvalue weighted by atomic mass is 32.3. The van der Waals surface area contributed by atoms with Gasteiger partial charge in [-0.1, -0.05) is 103 Å². The Hall–Kier alpha value is -7.34. The highest BCUT2D eigenvalue weighted by Gasteiger charge is 2.34. The van der Waals surface area contributed by atoms with Crippen molar-refractivity contribution < 1.29 is 4.42 Å². The van der Waals surface area contributed by atoms with Crippen LogP contribution in [0.25, 0.3) is 76.9 Å². The monoisotopic (exact) mass is 761 g/mol. The minimum Gasteiger partial charge on any atom is -0.454 e. The fraction of sp³-hybridized carbons (Fsp3) is 0. The molecule has 8 aromatic carbocycles. The molecule has 0 aliphatic heterocycles. The van der Waals surface area contributed by atoms with E-state index in [1.54, 1.807) is 0 Å². The van der Waals surface area contributed by atoms with Crippen molar-refractivity contribution in [1.29, 1.82) is 0 Å². The number of nitrogens with zero attached hydrogens (tertiary/aromatic N) is 3. The first-order valence-corrected chi connectivity index (χ1v) is 21.2. The summed E-state index contributed by atoms with van der Waals surface area (Å²) in [6.07, 6.45) is 3.86. The van der Waals surface area contributed by atoms with Gasteiger partial charge in [-0.2, -0.15) is 0 Å². The van der Waals surface area contributed by atoms with Crippen LogP contribution in [0.4, 0.5) is 0 Å². The molecule has 0 unspecified atom stereocenters. The SMILES string of the molecule is c1ccc(S(c2ccccc2)(c2ccc(-n3c4ccccc4c4cnccc43)cc2)c2cccc(-n3c4ccccc4c4ccc5c6ccccc6oc5c43)c2)cc1.